The minimum atomic E-state index is -0.0180. The molecule has 0 spiro atoms. The van der Waals surface area contributed by atoms with E-state index in [2.05, 4.69) is 35.8 Å². The van der Waals surface area contributed by atoms with Crippen molar-refractivity contribution in [2.45, 2.75) is 13.8 Å². The maximum absolute atomic E-state index is 13.6. The quantitative estimate of drug-likeness (QED) is 0.586. The van der Waals surface area contributed by atoms with E-state index in [9.17, 15) is 9.59 Å². The number of ether oxygens (including phenoxy) is 1. The first-order chi connectivity index (χ1) is 16.3. The third kappa shape index (κ3) is 4.51. The Morgan fingerprint density at radius 1 is 0.853 bits per heavy atom. The summed E-state index contributed by atoms with van der Waals surface area (Å²) in [6.45, 7) is 6.16. The van der Waals surface area contributed by atoms with Gasteiger partial charge in [-0.2, -0.15) is 0 Å². The van der Waals surface area contributed by atoms with Gasteiger partial charge in [-0.25, -0.2) is 4.79 Å². The van der Waals surface area contributed by atoms with Gasteiger partial charge in [-0.15, -0.1) is 0 Å². The Balaban J connectivity index is 1.69. The van der Waals surface area contributed by atoms with Crippen LogP contribution in [0.2, 0.25) is 0 Å². The highest BCUT2D eigenvalue weighted by Gasteiger charge is 2.28. The fourth-order valence-electron chi connectivity index (χ4n) is 4.38. The van der Waals surface area contributed by atoms with E-state index in [1.54, 1.807) is 31.0 Å². The van der Waals surface area contributed by atoms with Crippen LogP contribution in [0.25, 0.3) is 16.9 Å². The monoisotopic (exact) mass is 460 g/mol. The third-order valence-corrected chi connectivity index (χ3v) is 6.38. The highest BCUT2D eigenvalue weighted by molar-refractivity contribution is 5.97. The lowest BCUT2D eigenvalue weighted by atomic mass is 10.1. The van der Waals surface area contributed by atoms with Crippen LogP contribution in [0.1, 0.15) is 21.6 Å². The fourth-order valence-corrected chi connectivity index (χ4v) is 4.38. The van der Waals surface area contributed by atoms with Crippen LogP contribution in [0.15, 0.2) is 54.6 Å². The zero-order chi connectivity index (χ0) is 24.4. The number of rotatable bonds is 4. The van der Waals surface area contributed by atoms with E-state index >= 15 is 0 Å². The molecule has 1 aliphatic rings. The van der Waals surface area contributed by atoms with Gasteiger partial charge < -0.3 is 24.0 Å². The first-order valence-corrected chi connectivity index (χ1v) is 11.5. The number of carbonyl (C=O) groups excluding carboxylic acids is 2. The van der Waals surface area contributed by atoms with Crippen molar-refractivity contribution in [1.29, 1.82) is 0 Å². The summed E-state index contributed by atoms with van der Waals surface area (Å²) in [5, 5.41) is 0. The summed E-state index contributed by atoms with van der Waals surface area (Å²) in [4.78, 5) is 31.1. The van der Waals surface area contributed by atoms with Gasteiger partial charge in [0, 0.05) is 51.7 Å². The molecule has 0 saturated carbocycles. The topological polar surface area (TPSA) is 58.0 Å². The number of hydrogen-bond acceptors (Lipinski definition) is 3. The summed E-state index contributed by atoms with van der Waals surface area (Å²) in [6.07, 6.45) is 0. The van der Waals surface area contributed by atoms with Gasteiger partial charge in [0.1, 0.15) is 5.75 Å². The standard InChI is InChI=1S/C27H32N4O3/c1-19-6-10-22(11-7-19)31-20(2)24(18-25(31)21-8-12-23(34-5)13-9-21)26(32)29-14-16-30(17-15-29)27(33)28(3)4/h6-13,18H,14-17H2,1-5H3. The molecule has 0 unspecified atom stereocenters. The van der Waals surface area contributed by atoms with Crippen LogP contribution < -0.4 is 4.74 Å². The molecule has 1 saturated heterocycles. The van der Waals surface area contributed by atoms with E-state index in [0.717, 1.165) is 28.4 Å². The molecular formula is C27H32N4O3. The van der Waals surface area contributed by atoms with Gasteiger partial charge in [0.25, 0.3) is 5.91 Å². The predicted octanol–water partition coefficient (Wildman–Crippen LogP) is 4.21. The van der Waals surface area contributed by atoms with Crippen LogP contribution in [-0.4, -0.2) is 78.6 Å². The van der Waals surface area contributed by atoms with Crippen molar-refractivity contribution in [2.24, 2.45) is 0 Å². The van der Waals surface area contributed by atoms with Crippen molar-refractivity contribution in [3.05, 3.63) is 71.4 Å². The molecule has 0 bridgehead atoms. The Hall–Kier alpha value is -3.74. The van der Waals surface area contributed by atoms with Gasteiger partial charge in [0.2, 0.25) is 0 Å². The lowest BCUT2D eigenvalue weighted by Crippen LogP contribution is -2.52. The second-order valence-electron chi connectivity index (χ2n) is 8.88. The summed E-state index contributed by atoms with van der Waals surface area (Å²) < 4.78 is 7.46. The molecular weight excluding hydrogens is 428 g/mol. The largest absolute Gasteiger partial charge is 0.497 e. The van der Waals surface area contributed by atoms with E-state index in [1.807, 2.05) is 42.2 Å². The van der Waals surface area contributed by atoms with E-state index < -0.39 is 0 Å². The Morgan fingerprint density at radius 3 is 2.00 bits per heavy atom. The van der Waals surface area contributed by atoms with Crippen LogP contribution in [0.5, 0.6) is 5.75 Å². The molecule has 0 aliphatic carbocycles. The lowest BCUT2D eigenvalue weighted by Gasteiger charge is -2.36. The lowest BCUT2D eigenvalue weighted by molar-refractivity contribution is 0.0649. The van der Waals surface area contributed by atoms with Crippen molar-refractivity contribution in [3.8, 4) is 22.7 Å². The maximum Gasteiger partial charge on any atom is 0.319 e. The Labute approximate surface area is 201 Å². The molecule has 178 valence electrons. The number of benzene rings is 2. The number of aromatic nitrogens is 1. The van der Waals surface area contributed by atoms with Crippen molar-refractivity contribution in [2.75, 3.05) is 47.4 Å². The minimum Gasteiger partial charge on any atom is -0.497 e. The average molecular weight is 461 g/mol. The van der Waals surface area contributed by atoms with Crippen molar-refractivity contribution in [3.63, 3.8) is 0 Å². The first kappa shape index (κ1) is 23.4. The molecule has 2 heterocycles. The molecule has 0 N–H and O–H groups in total. The summed E-state index contributed by atoms with van der Waals surface area (Å²) in [7, 11) is 5.15. The SMILES string of the molecule is COc1ccc(-c2cc(C(=O)N3CCN(C(=O)N(C)C)CC3)c(C)n2-c2ccc(C)cc2)cc1. The number of aryl methyl sites for hydroxylation is 1. The number of methoxy groups -OCH3 is 1. The summed E-state index contributed by atoms with van der Waals surface area (Å²) >= 11 is 0. The number of piperazine rings is 1. The molecule has 7 heteroatoms. The predicted molar refractivity (Wildman–Crippen MR) is 134 cm³/mol. The fraction of sp³-hybridized carbons (Fsp3) is 0.333. The number of hydrogen-bond donors (Lipinski definition) is 0. The third-order valence-electron chi connectivity index (χ3n) is 6.38. The van der Waals surface area contributed by atoms with Gasteiger partial charge in [-0.1, -0.05) is 17.7 Å². The maximum atomic E-state index is 13.6. The Morgan fingerprint density at radius 2 is 1.44 bits per heavy atom. The van der Waals surface area contributed by atoms with Crippen LogP contribution in [0.4, 0.5) is 4.79 Å². The van der Waals surface area contributed by atoms with E-state index in [4.69, 9.17) is 4.74 Å². The molecule has 34 heavy (non-hydrogen) atoms. The van der Waals surface area contributed by atoms with Crippen LogP contribution in [-0.2, 0) is 0 Å². The average Bonchev–Trinajstić information content (AvgIpc) is 3.20. The molecule has 2 aromatic carbocycles. The van der Waals surface area contributed by atoms with Crippen molar-refractivity contribution in [1.82, 2.24) is 19.3 Å². The van der Waals surface area contributed by atoms with Crippen LogP contribution in [0, 0.1) is 13.8 Å². The Kier molecular flexibility index (Phi) is 6.63. The second kappa shape index (κ2) is 9.63. The van der Waals surface area contributed by atoms with Crippen molar-refractivity contribution < 1.29 is 14.3 Å². The van der Waals surface area contributed by atoms with Gasteiger partial charge in [-0.3, -0.25) is 4.79 Å². The second-order valence-corrected chi connectivity index (χ2v) is 8.88. The molecule has 7 nitrogen and oxygen atoms in total. The van der Waals surface area contributed by atoms with E-state index in [-0.39, 0.29) is 11.9 Å². The molecule has 1 fully saturated rings. The van der Waals surface area contributed by atoms with E-state index in [1.165, 1.54) is 5.56 Å². The molecule has 1 aromatic heterocycles. The number of carbonyl (C=O) groups is 2. The molecule has 0 radical (unpaired) electrons. The number of amides is 3. The molecule has 4 rings (SSSR count). The van der Waals surface area contributed by atoms with Crippen LogP contribution >= 0.6 is 0 Å². The molecule has 3 amide bonds. The number of urea groups is 1. The van der Waals surface area contributed by atoms with Crippen LogP contribution in [0.3, 0.4) is 0 Å². The van der Waals surface area contributed by atoms with Gasteiger partial charge >= 0.3 is 6.03 Å². The van der Waals surface area contributed by atoms with Crippen molar-refractivity contribution >= 4 is 11.9 Å². The minimum absolute atomic E-state index is 0.00456. The van der Waals surface area contributed by atoms with Gasteiger partial charge in [0.15, 0.2) is 0 Å². The zero-order valence-corrected chi connectivity index (χ0v) is 20.5. The summed E-state index contributed by atoms with van der Waals surface area (Å²) in [6, 6.07) is 18.2. The highest BCUT2D eigenvalue weighted by atomic mass is 16.5. The molecule has 3 aromatic rings. The molecule has 0 atom stereocenters. The van der Waals surface area contributed by atoms with Gasteiger partial charge in [0.05, 0.1) is 18.4 Å². The molecule has 1 aliphatic heterocycles. The zero-order valence-electron chi connectivity index (χ0n) is 20.5. The summed E-state index contributed by atoms with van der Waals surface area (Å²) in [5.74, 6) is 0.783. The smallest absolute Gasteiger partial charge is 0.319 e. The summed E-state index contributed by atoms with van der Waals surface area (Å²) in [5.41, 5.74) is 5.72. The van der Waals surface area contributed by atoms with E-state index in [0.29, 0.717) is 31.7 Å². The normalized spacial score (nSPS) is 13.7. The Bertz CT molecular complexity index is 1170. The first-order valence-electron chi connectivity index (χ1n) is 11.5. The highest BCUT2D eigenvalue weighted by Crippen LogP contribution is 2.31. The number of nitrogens with zero attached hydrogens (tertiary/aromatic N) is 4. The van der Waals surface area contributed by atoms with Gasteiger partial charge in [-0.05, 0) is 61.9 Å².